The van der Waals surface area contributed by atoms with E-state index in [-0.39, 0.29) is 6.42 Å². The van der Waals surface area contributed by atoms with Gasteiger partial charge in [-0.15, -0.1) is 0 Å². The molecule has 172 valence electrons. The first-order valence-corrected chi connectivity index (χ1v) is 10.7. The quantitative estimate of drug-likeness (QED) is 0.546. The summed E-state index contributed by atoms with van der Waals surface area (Å²) in [5.41, 5.74) is 3.82. The van der Waals surface area contributed by atoms with Crippen LogP contribution in [0.5, 0.6) is 0 Å². The summed E-state index contributed by atoms with van der Waals surface area (Å²) in [5, 5.41) is 3.59. The van der Waals surface area contributed by atoms with Crippen LogP contribution in [0.2, 0.25) is 0 Å². The van der Waals surface area contributed by atoms with Crippen molar-refractivity contribution in [3.05, 3.63) is 71.5 Å². The highest BCUT2D eigenvalue weighted by atomic mass is 16.6. The van der Waals surface area contributed by atoms with Crippen LogP contribution in [0.4, 0.5) is 4.79 Å². The Morgan fingerprint density at radius 2 is 1.82 bits per heavy atom. The van der Waals surface area contributed by atoms with Gasteiger partial charge in [0.05, 0.1) is 12.8 Å². The van der Waals surface area contributed by atoms with Gasteiger partial charge in [-0.1, -0.05) is 24.3 Å². The van der Waals surface area contributed by atoms with Gasteiger partial charge in [0.15, 0.2) is 5.65 Å². The van der Waals surface area contributed by atoms with Crippen molar-refractivity contribution in [2.45, 2.75) is 45.8 Å². The molecule has 0 radical (unpaired) electrons. The number of amides is 1. The summed E-state index contributed by atoms with van der Waals surface area (Å²) in [7, 11) is 1.29. The molecule has 7 nitrogen and oxygen atoms in total. The number of carbonyl (C=O) groups is 2. The number of alkyl carbamates (subject to hydrolysis) is 1. The molecule has 1 atom stereocenters. The van der Waals surface area contributed by atoms with Crippen molar-refractivity contribution in [3.8, 4) is 0 Å². The van der Waals surface area contributed by atoms with Crippen molar-refractivity contribution in [1.82, 2.24) is 15.3 Å². The van der Waals surface area contributed by atoms with E-state index in [4.69, 9.17) is 9.47 Å². The van der Waals surface area contributed by atoms with E-state index >= 15 is 0 Å². The normalized spacial score (nSPS) is 12.8. The van der Waals surface area contributed by atoms with Crippen molar-refractivity contribution in [2.24, 2.45) is 0 Å². The molecule has 1 aromatic carbocycles. The van der Waals surface area contributed by atoms with Crippen LogP contribution < -0.4 is 5.32 Å². The Labute approximate surface area is 193 Å². The van der Waals surface area contributed by atoms with E-state index in [9.17, 15) is 9.59 Å². The molecule has 2 aromatic heterocycles. The molecule has 0 bridgehead atoms. The zero-order valence-corrected chi connectivity index (χ0v) is 19.6. The Morgan fingerprint density at radius 1 is 1.09 bits per heavy atom. The van der Waals surface area contributed by atoms with Gasteiger partial charge in [-0.2, -0.15) is 0 Å². The Bertz CT molecular complexity index is 1160. The second-order valence-electron chi connectivity index (χ2n) is 8.74. The number of carbonyl (C=O) groups excluding carboxylic acids is 2. The number of nitrogens with zero attached hydrogens (tertiary/aromatic N) is 2. The summed E-state index contributed by atoms with van der Waals surface area (Å²) in [5.74, 6) is -0.531. The predicted molar refractivity (Wildman–Crippen MR) is 128 cm³/mol. The van der Waals surface area contributed by atoms with Gasteiger partial charge in [-0.3, -0.25) is 0 Å². The first-order valence-electron chi connectivity index (χ1n) is 10.7. The fourth-order valence-electron chi connectivity index (χ4n) is 3.28. The maximum absolute atomic E-state index is 12.2. The largest absolute Gasteiger partial charge is 0.467 e. The molecule has 0 saturated heterocycles. The number of esters is 1. The number of aromatic nitrogens is 2. The lowest BCUT2D eigenvalue weighted by Crippen LogP contribution is -2.45. The number of hydrogen-bond donors (Lipinski definition) is 1. The SMILES string of the molecule is COC(=O)[C@H](Cc1ccc(/C(C)=C/c2ccc3cccnc3n2)cc1)NC(=O)OC(C)(C)C. The zero-order valence-electron chi connectivity index (χ0n) is 19.6. The Kier molecular flexibility index (Phi) is 7.43. The van der Waals surface area contributed by atoms with Crippen molar-refractivity contribution in [2.75, 3.05) is 7.11 Å². The van der Waals surface area contributed by atoms with E-state index in [0.29, 0.717) is 5.65 Å². The molecule has 3 aromatic rings. The summed E-state index contributed by atoms with van der Waals surface area (Å²) < 4.78 is 10.1. The van der Waals surface area contributed by atoms with Crippen molar-refractivity contribution < 1.29 is 19.1 Å². The fourth-order valence-corrected chi connectivity index (χ4v) is 3.28. The molecule has 0 unspecified atom stereocenters. The molecule has 0 aliphatic rings. The highest BCUT2D eigenvalue weighted by Gasteiger charge is 2.25. The standard InChI is InChI=1S/C26H29N3O4/c1-17(15-21-13-12-20-7-6-14-27-23(20)28-21)19-10-8-18(9-11-19)16-22(24(30)32-5)29-25(31)33-26(2,3)4/h6-15,22H,16H2,1-5H3,(H,29,31)/b17-15+/t22-/m0/s1. The Morgan fingerprint density at radius 3 is 2.48 bits per heavy atom. The summed E-state index contributed by atoms with van der Waals surface area (Å²) in [6, 6.07) is 14.8. The zero-order chi connectivity index (χ0) is 24.0. The topological polar surface area (TPSA) is 90.4 Å². The Hall–Kier alpha value is -3.74. The summed E-state index contributed by atoms with van der Waals surface area (Å²) in [4.78, 5) is 33.2. The smallest absolute Gasteiger partial charge is 0.408 e. The van der Waals surface area contributed by atoms with Gasteiger partial charge in [0.1, 0.15) is 11.6 Å². The van der Waals surface area contributed by atoms with Gasteiger partial charge in [-0.05, 0) is 74.7 Å². The van der Waals surface area contributed by atoms with Gasteiger partial charge in [-0.25, -0.2) is 19.6 Å². The molecule has 3 rings (SSSR count). The molecule has 0 aliphatic heterocycles. The van der Waals surface area contributed by atoms with Gasteiger partial charge in [0.2, 0.25) is 0 Å². The van der Waals surface area contributed by atoms with Crippen LogP contribution in [0, 0.1) is 0 Å². The van der Waals surface area contributed by atoms with Crippen molar-refractivity contribution in [1.29, 1.82) is 0 Å². The van der Waals surface area contributed by atoms with Gasteiger partial charge in [0.25, 0.3) is 0 Å². The average molecular weight is 448 g/mol. The summed E-state index contributed by atoms with van der Waals surface area (Å²) in [6.07, 6.45) is 3.36. The van der Waals surface area contributed by atoms with Crippen LogP contribution in [-0.2, 0) is 20.7 Å². The van der Waals surface area contributed by atoms with Gasteiger partial charge < -0.3 is 14.8 Å². The molecule has 0 fully saturated rings. The first-order chi connectivity index (χ1) is 15.6. The van der Waals surface area contributed by atoms with Crippen LogP contribution in [0.15, 0.2) is 54.7 Å². The Balaban J connectivity index is 1.72. The van der Waals surface area contributed by atoms with Gasteiger partial charge in [0, 0.05) is 18.0 Å². The third kappa shape index (κ3) is 6.87. The number of hydrogen-bond acceptors (Lipinski definition) is 6. The molecular weight excluding hydrogens is 418 g/mol. The number of nitrogens with one attached hydrogen (secondary N) is 1. The minimum atomic E-state index is -0.846. The van der Waals surface area contributed by atoms with Crippen LogP contribution >= 0.6 is 0 Å². The summed E-state index contributed by atoms with van der Waals surface area (Å²) in [6.45, 7) is 7.30. The maximum Gasteiger partial charge on any atom is 0.408 e. The molecule has 0 aliphatic carbocycles. The van der Waals surface area contributed by atoms with E-state index in [1.165, 1.54) is 7.11 Å². The second-order valence-corrected chi connectivity index (χ2v) is 8.74. The number of allylic oxidation sites excluding steroid dienone is 1. The number of rotatable bonds is 6. The molecule has 1 amide bonds. The third-order valence-electron chi connectivity index (χ3n) is 4.88. The molecule has 0 spiro atoms. The van der Waals surface area contributed by atoms with Crippen LogP contribution in [-0.4, -0.2) is 40.8 Å². The van der Waals surface area contributed by atoms with Crippen LogP contribution in [0.3, 0.4) is 0 Å². The van der Waals surface area contributed by atoms with Crippen LogP contribution in [0.25, 0.3) is 22.7 Å². The highest BCUT2D eigenvalue weighted by Crippen LogP contribution is 2.20. The van der Waals surface area contributed by atoms with E-state index in [1.807, 2.05) is 61.5 Å². The van der Waals surface area contributed by atoms with Crippen LogP contribution in [0.1, 0.15) is 44.5 Å². The molecule has 1 N–H and O–H groups in total. The molecular formula is C26H29N3O4. The van der Waals surface area contributed by atoms with E-state index in [1.54, 1.807) is 27.0 Å². The van der Waals surface area contributed by atoms with E-state index < -0.39 is 23.7 Å². The molecule has 7 heteroatoms. The lowest BCUT2D eigenvalue weighted by molar-refractivity contribution is -0.143. The third-order valence-corrected chi connectivity index (χ3v) is 4.88. The lowest BCUT2D eigenvalue weighted by Gasteiger charge is -2.22. The van der Waals surface area contributed by atoms with Crippen molar-refractivity contribution >= 4 is 34.7 Å². The van der Waals surface area contributed by atoms with E-state index in [0.717, 1.165) is 27.8 Å². The predicted octanol–water partition coefficient (Wildman–Crippen LogP) is 4.80. The average Bonchev–Trinajstić information content (AvgIpc) is 2.77. The minimum Gasteiger partial charge on any atom is -0.467 e. The summed E-state index contributed by atoms with van der Waals surface area (Å²) >= 11 is 0. The number of methoxy groups -OCH3 is 1. The van der Waals surface area contributed by atoms with Gasteiger partial charge >= 0.3 is 12.1 Å². The highest BCUT2D eigenvalue weighted by molar-refractivity contribution is 5.83. The minimum absolute atomic E-state index is 0.285. The maximum atomic E-state index is 12.2. The monoisotopic (exact) mass is 447 g/mol. The second kappa shape index (κ2) is 10.3. The number of ether oxygens (including phenoxy) is 2. The molecule has 0 saturated carbocycles. The fraction of sp³-hybridized carbons (Fsp3) is 0.308. The number of benzene rings is 1. The number of fused-ring (bicyclic) bond motifs is 1. The number of pyridine rings is 2. The molecule has 33 heavy (non-hydrogen) atoms. The van der Waals surface area contributed by atoms with Crippen molar-refractivity contribution in [3.63, 3.8) is 0 Å². The van der Waals surface area contributed by atoms with E-state index in [2.05, 4.69) is 15.3 Å². The lowest BCUT2D eigenvalue weighted by atomic mass is 10.0. The molecule has 2 heterocycles. The first kappa shape index (κ1) is 23.9.